The number of nitrogens with zero attached hydrogens (tertiary/aromatic N) is 1. The molecule has 118 valence electrons. The number of anilines is 1. The SMILES string of the molecule is CC(C)(C)CCNS(=O)(=O)c1ccc(NN)cc1[N+](=O)[O-]. The van der Waals surface area contributed by atoms with Crippen molar-refractivity contribution in [2.45, 2.75) is 32.1 Å². The molecular formula is C12H20N4O4S. The lowest BCUT2D eigenvalue weighted by Crippen LogP contribution is -2.28. The molecule has 0 bridgehead atoms. The number of nitrogen functional groups attached to an aromatic ring is 1. The molecule has 1 aromatic rings. The van der Waals surface area contributed by atoms with Gasteiger partial charge in [0.1, 0.15) is 0 Å². The molecule has 0 amide bonds. The third-order valence-electron chi connectivity index (χ3n) is 2.78. The molecule has 0 aliphatic carbocycles. The summed E-state index contributed by atoms with van der Waals surface area (Å²) in [5.74, 6) is 5.17. The van der Waals surface area contributed by atoms with E-state index >= 15 is 0 Å². The molecule has 0 unspecified atom stereocenters. The second-order valence-electron chi connectivity index (χ2n) is 5.79. The van der Waals surface area contributed by atoms with Crippen molar-refractivity contribution in [3.05, 3.63) is 28.3 Å². The summed E-state index contributed by atoms with van der Waals surface area (Å²) < 4.78 is 26.7. The van der Waals surface area contributed by atoms with Crippen LogP contribution >= 0.6 is 0 Å². The molecule has 0 atom stereocenters. The fourth-order valence-corrected chi connectivity index (χ4v) is 2.80. The maximum atomic E-state index is 12.2. The molecule has 21 heavy (non-hydrogen) atoms. The minimum absolute atomic E-state index is 0.0399. The van der Waals surface area contributed by atoms with Crippen LogP contribution in [0.2, 0.25) is 0 Å². The van der Waals surface area contributed by atoms with Crippen LogP contribution in [0.5, 0.6) is 0 Å². The van der Waals surface area contributed by atoms with Crippen molar-refractivity contribution < 1.29 is 13.3 Å². The van der Waals surface area contributed by atoms with Gasteiger partial charge in [-0.25, -0.2) is 13.1 Å². The van der Waals surface area contributed by atoms with Gasteiger partial charge in [0.15, 0.2) is 4.90 Å². The smallest absolute Gasteiger partial charge is 0.291 e. The minimum Gasteiger partial charge on any atom is -0.324 e. The van der Waals surface area contributed by atoms with E-state index in [2.05, 4.69) is 10.1 Å². The van der Waals surface area contributed by atoms with Crippen molar-refractivity contribution in [1.82, 2.24) is 4.72 Å². The van der Waals surface area contributed by atoms with Crippen molar-refractivity contribution in [2.24, 2.45) is 11.3 Å². The largest absolute Gasteiger partial charge is 0.324 e. The predicted octanol–water partition coefficient (Wildman–Crippen LogP) is 1.59. The van der Waals surface area contributed by atoms with Gasteiger partial charge in [-0.1, -0.05) is 20.8 Å². The van der Waals surface area contributed by atoms with E-state index in [1.165, 1.54) is 6.07 Å². The lowest BCUT2D eigenvalue weighted by molar-refractivity contribution is -0.387. The normalized spacial score (nSPS) is 12.2. The van der Waals surface area contributed by atoms with E-state index in [-0.39, 0.29) is 22.5 Å². The summed E-state index contributed by atoms with van der Waals surface area (Å²) >= 11 is 0. The number of benzene rings is 1. The molecule has 1 aromatic carbocycles. The number of nitro benzene ring substituents is 1. The van der Waals surface area contributed by atoms with Gasteiger partial charge >= 0.3 is 0 Å². The molecule has 0 saturated carbocycles. The average Bonchev–Trinajstić information content (AvgIpc) is 2.36. The standard InChI is InChI=1S/C12H20N4O4S/c1-12(2,3)6-7-14-21(19,20)11-5-4-9(15-13)8-10(11)16(17)18/h4-5,8,14-15H,6-7,13H2,1-3H3. The van der Waals surface area contributed by atoms with Crippen LogP contribution in [-0.2, 0) is 10.0 Å². The number of nitro groups is 1. The summed E-state index contributed by atoms with van der Waals surface area (Å²) in [5.41, 5.74) is 1.94. The molecule has 8 nitrogen and oxygen atoms in total. The number of sulfonamides is 1. The Labute approximate surface area is 123 Å². The Kier molecular flexibility index (Phi) is 5.26. The highest BCUT2D eigenvalue weighted by Crippen LogP contribution is 2.27. The van der Waals surface area contributed by atoms with Crippen LogP contribution in [0.1, 0.15) is 27.2 Å². The van der Waals surface area contributed by atoms with E-state index in [1.54, 1.807) is 0 Å². The Morgan fingerprint density at radius 2 is 1.95 bits per heavy atom. The summed E-state index contributed by atoms with van der Waals surface area (Å²) in [6, 6.07) is 3.61. The topological polar surface area (TPSA) is 127 Å². The molecule has 0 fully saturated rings. The molecule has 4 N–H and O–H groups in total. The summed E-state index contributed by atoms with van der Waals surface area (Å²) in [5, 5.41) is 11.0. The first-order valence-corrected chi connectivity index (χ1v) is 7.80. The highest BCUT2D eigenvalue weighted by atomic mass is 32.2. The zero-order valence-corrected chi connectivity index (χ0v) is 13.0. The Bertz CT molecular complexity index is 623. The van der Waals surface area contributed by atoms with E-state index in [9.17, 15) is 18.5 Å². The quantitative estimate of drug-likeness (QED) is 0.415. The van der Waals surface area contributed by atoms with E-state index in [0.29, 0.717) is 6.42 Å². The number of hydrazine groups is 1. The third kappa shape index (κ3) is 4.96. The van der Waals surface area contributed by atoms with Crippen LogP contribution in [0.25, 0.3) is 0 Å². The van der Waals surface area contributed by atoms with Crippen LogP contribution in [0.3, 0.4) is 0 Å². The van der Waals surface area contributed by atoms with Gasteiger partial charge in [0, 0.05) is 12.6 Å². The monoisotopic (exact) mass is 316 g/mol. The summed E-state index contributed by atoms with van der Waals surface area (Å²) in [7, 11) is -3.94. The lowest BCUT2D eigenvalue weighted by Gasteiger charge is -2.18. The summed E-state index contributed by atoms with van der Waals surface area (Å²) in [6.45, 7) is 6.14. The van der Waals surface area contributed by atoms with Gasteiger partial charge in [0.2, 0.25) is 10.0 Å². The number of nitrogens with two attached hydrogens (primary N) is 1. The first-order chi connectivity index (χ1) is 9.57. The highest BCUT2D eigenvalue weighted by Gasteiger charge is 2.26. The molecule has 9 heteroatoms. The highest BCUT2D eigenvalue weighted by molar-refractivity contribution is 7.89. The van der Waals surface area contributed by atoms with Gasteiger partial charge in [0.05, 0.1) is 10.6 Å². The van der Waals surface area contributed by atoms with Crippen molar-refractivity contribution in [3.63, 3.8) is 0 Å². The number of hydrogen-bond acceptors (Lipinski definition) is 6. The zero-order chi connectivity index (χ0) is 16.3. The maximum Gasteiger partial charge on any atom is 0.291 e. The van der Waals surface area contributed by atoms with Crippen molar-refractivity contribution in [2.75, 3.05) is 12.0 Å². The molecule has 0 radical (unpaired) electrons. The van der Waals surface area contributed by atoms with Crippen LogP contribution in [0, 0.1) is 15.5 Å². The number of rotatable bonds is 6. The van der Waals surface area contributed by atoms with Crippen LogP contribution in [0.4, 0.5) is 11.4 Å². The fraction of sp³-hybridized carbons (Fsp3) is 0.500. The summed E-state index contributed by atoms with van der Waals surface area (Å²) in [6.07, 6.45) is 0.614. The first kappa shape index (κ1) is 17.3. The minimum atomic E-state index is -3.94. The molecule has 0 saturated heterocycles. The van der Waals surface area contributed by atoms with Gasteiger partial charge in [-0.05, 0) is 24.0 Å². The van der Waals surface area contributed by atoms with Gasteiger partial charge in [-0.2, -0.15) is 0 Å². The van der Waals surface area contributed by atoms with Crippen LogP contribution in [0.15, 0.2) is 23.1 Å². The van der Waals surface area contributed by atoms with E-state index in [1.807, 2.05) is 20.8 Å². The van der Waals surface area contributed by atoms with Crippen molar-refractivity contribution in [3.8, 4) is 0 Å². The number of hydrogen-bond donors (Lipinski definition) is 3. The van der Waals surface area contributed by atoms with E-state index in [0.717, 1.165) is 12.1 Å². The predicted molar refractivity (Wildman–Crippen MR) is 80.2 cm³/mol. The van der Waals surface area contributed by atoms with Crippen LogP contribution < -0.4 is 16.0 Å². The maximum absolute atomic E-state index is 12.2. The molecular weight excluding hydrogens is 296 g/mol. The molecule has 0 aromatic heterocycles. The van der Waals surface area contributed by atoms with Crippen molar-refractivity contribution in [1.29, 1.82) is 0 Å². The molecule has 0 heterocycles. The van der Waals surface area contributed by atoms with Crippen molar-refractivity contribution >= 4 is 21.4 Å². The molecule has 0 aliphatic rings. The fourth-order valence-electron chi connectivity index (χ4n) is 1.62. The van der Waals surface area contributed by atoms with E-state index in [4.69, 9.17) is 5.84 Å². The second-order valence-corrected chi connectivity index (χ2v) is 7.53. The van der Waals surface area contributed by atoms with Gasteiger partial charge < -0.3 is 5.43 Å². The second kappa shape index (κ2) is 6.37. The van der Waals surface area contributed by atoms with Gasteiger partial charge in [-0.15, -0.1) is 0 Å². The molecule has 1 rings (SSSR count). The third-order valence-corrected chi connectivity index (χ3v) is 4.29. The lowest BCUT2D eigenvalue weighted by atomic mass is 9.93. The Morgan fingerprint density at radius 1 is 1.33 bits per heavy atom. The Balaban J connectivity index is 3.05. The summed E-state index contributed by atoms with van der Waals surface area (Å²) in [4.78, 5) is 9.89. The first-order valence-electron chi connectivity index (χ1n) is 6.31. The number of nitrogens with one attached hydrogen (secondary N) is 2. The van der Waals surface area contributed by atoms with Crippen LogP contribution in [-0.4, -0.2) is 19.9 Å². The molecule has 0 spiro atoms. The van der Waals surface area contributed by atoms with Gasteiger partial charge in [0.25, 0.3) is 5.69 Å². The molecule has 0 aliphatic heterocycles. The zero-order valence-electron chi connectivity index (χ0n) is 12.2. The average molecular weight is 316 g/mol. The van der Waals surface area contributed by atoms with E-state index < -0.39 is 20.6 Å². The Morgan fingerprint density at radius 3 is 2.43 bits per heavy atom. The Hall–Kier alpha value is -1.71. The van der Waals surface area contributed by atoms with Gasteiger partial charge in [-0.3, -0.25) is 16.0 Å².